The number of thioether (sulfide) groups is 1. The van der Waals surface area contributed by atoms with Crippen LogP contribution >= 0.6 is 11.8 Å². The number of hydrogen-bond acceptors (Lipinski definition) is 5. The van der Waals surface area contributed by atoms with Crippen molar-refractivity contribution in [3.05, 3.63) is 48.8 Å². The van der Waals surface area contributed by atoms with Crippen molar-refractivity contribution in [3.63, 3.8) is 0 Å². The van der Waals surface area contributed by atoms with Gasteiger partial charge in [-0.15, -0.1) is 16.8 Å². The number of allylic oxidation sites excluding steroid dienone is 1. The van der Waals surface area contributed by atoms with Crippen molar-refractivity contribution in [2.75, 3.05) is 5.32 Å². The SMILES string of the molecule is C=CCn1cnnc1S[C@@H](C)C(=O)Nc1ccc(C(N)=O)cc1. The van der Waals surface area contributed by atoms with Crippen molar-refractivity contribution in [2.24, 2.45) is 5.73 Å². The second-order valence-electron chi connectivity index (χ2n) is 4.75. The van der Waals surface area contributed by atoms with Crippen molar-refractivity contribution in [1.29, 1.82) is 0 Å². The van der Waals surface area contributed by atoms with Gasteiger partial charge in [0, 0.05) is 17.8 Å². The van der Waals surface area contributed by atoms with E-state index in [4.69, 9.17) is 5.73 Å². The zero-order chi connectivity index (χ0) is 16.8. The second-order valence-corrected chi connectivity index (χ2v) is 6.05. The van der Waals surface area contributed by atoms with Gasteiger partial charge < -0.3 is 15.6 Å². The number of primary amides is 1. The molecule has 0 aliphatic rings. The summed E-state index contributed by atoms with van der Waals surface area (Å²) in [6.07, 6.45) is 3.33. The number of hydrogen-bond donors (Lipinski definition) is 2. The molecule has 1 atom stereocenters. The van der Waals surface area contributed by atoms with Crippen LogP contribution in [-0.4, -0.2) is 31.8 Å². The quantitative estimate of drug-likeness (QED) is 0.593. The number of aromatic nitrogens is 3. The van der Waals surface area contributed by atoms with Crippen molar-refractivity contribution >= 4 is 29.3 Å². The summed E-state index contributed by atoms with van der Waals surface area (Å²) in [5, 5.41) is 10.9. The fourth-order valence-corrected chi connectivity index (χ4v) is 2.61. The fraction of sp³-hybridized carbons (Fsp3) is 0.200. The van der Waals surface area contributed by atoms with E-state index in [0.717, 1.165) is 0 Å². The lowest BCUT2D eigenvalue weighted by atomic mass is 10.2. The van der Waals surface area contributed by atoms with E-state index in [1.807, 2.05) is 4.57 Å². The van der Waals surface area contributed by atoms with Gasteiger partial charge in [0.1, 0.15) is 6.33 Å². The van der Waals surface area contributed by atoms with Crippen molar-refractivity contribution in [3.8, 4) is 0 Å². The third-order valence-corrected chi connectivity index (χ3v) is 4.09. The highest BCUT2D eigenvalue weighted by Crippen LogP contribution is 2.22. The Kier molecular flexibility index (Phi) is 5.53. The Morgan fingerprint density at radius 1 is 1.43 bits per heavy atom. The average Bonchev–Trinajstić information content (AvgIpc) is 2.95. The van der Waals surface area contributed by atoms with Crippen LogP contribution in [0.2, 0.25) is 0 Å². The number of rotatable bonds is 7. The summed E-state index contributed by atoms with van der Waals surface area (Å²) in [5.41, 5.74) is 6.16. The molecule has 0 spiro atoms. The molecule has 0 radical (unpaired) electrons. The number of carbonyl (C=O) groups is 2. The predicted octanol–water partition coefficient (Wildman–Crippen LogP) is 1.68. The average molecular weight is 331 g/mol. The Morgan fingerprint density at radius 2 is 2.13 bits per heavy atom. The lowest BCUT2D eigenvalue weighted by Gasteiger charge is -2.12. The first kappa shape index (κ1) is 16.8. The summed E-state index contributed by atoms with van der Waals surface area (Å²) >= 11 is 1.31. The second kappa shape index (κ2) is 7.59. The van der Waals surface area contributed by atoms with E-state index in [2.05, 4.69) is 22.1 Å². The van der Waals surface area contributed by atoms with Crippen LogP contribution in [0, 0.1) is 0 Å². The molecule has 23 heavy (non-hydrogen) atoms. The lowest BCUT2D eigenvalue weighted by molar-refractivity contribution is -0.115. The fourth-order valence-electron chi connectivity index (χ4n) is 1.77. The van der Waals surface area contributed by atoms with E-state index < -0.39 is 5.91 Å². The molecule has 0 aliphatic heterocycles. The van der Waals surface area contributed by atoms with E-state index in [0.29, 0.717) is 23.0 Å². The van der Waals surface area contributed by atoms with Crippen molar-refractivity contribution in [2.45, 2.75) is 23.9 Å². The molecule has 7 nitrogen and oxygen atoms in total. The molecule has 8 heteroatoms. The molecule has 2 aromatic rings. The maximum Gasteiger partial charge on any atom is 0.248 e. The molecule has 2 amide bonds. The van der Waals surface area contributed by atoms with Crippen LogP contribution in [0.5, 0.6) is 0 Å². The Balaban J connectivity index is 1.98. The number of nitrogens with one attached hydrogen (secondary N) is 1. The third kappa shape index (κ3) is 4.43. The molecule has 0 aliphatic carbocycles. The monoisotopic (exact) mass is 331 g/mol. The van der Waals surface area contributed by atoms with E-state index in [1.54, 1.807) is 43.6 Å². The van der Waals surface area contributed by atoms with E-state index >= 15 is 0 Å². The molecule has 0 bridgehead atoms. The highest BCUT2D eigenvalue weighted by atomic mass is 32.2. The van der Waals surface area contributed by atoms with Crippen LogP contribution in [-0.2, 0) is 11.3 Å². The van der Waals surface area contributed by atoms with Gasteiger partial charge in [0.25, 0.3) is 0 Å². The largest absolute Gasteiger partial charge is 0.366 e. The highest BCUT2D eigenvalue weighted by Gasteiger charge is 2.17. The van der Waals surface area contributed by atoms with Gasteiger partial charge in [0.2, 0.25) is 11.8 Å². The highest BCUT2D eigenvalue weighted by molar-refractivity contribution is 8.00. The zero-order valence-electron chi connectivity index (χ0n) is 12.6. The van der Waals surface area contributed by atoms with Crippen LogP contribution in [0.25, 0.3) is 0 Å². The van der Waals surface area contributed by atoms with Gasteiger partial charge in [-0.05, 0) is 31.2 Å². The molecular formula is C15H17N5O2S. The minimum atomic E-state index is -0.506. The smallest absolute Gasteiger partial charge is 0.248 e. The Hall–Kier alpha value is -2.61. The molecule has 0 saturated heterocycles. The summed E-state index contributed by atoms with van der Waals surface area (Å²) in [6.45, 7) is 6.03. The molecule has 1 aromatic heterocycles. The number of carbonyl (C=O) groups excluding carboxylic acids is 2. The minimum absolute atomic E-state index is 0.171. The Bertz CT molecular complexity index is 711. The van der Waals surface area contributed by atoms with Crippen LogP contribution in [0.1, 0.15) is 17.3 Å². The predicted molar refractivity (Wildman–Crippen MR) is 89.1 cm³/mol. The van der Waals surface area contributed by atoms with E-state index in [-0.39, 0.29) is 11.2 Å². The summed E-state index contributed by atoms with van der Waals surface area (Å²) in [4.78, 5) is 23.2. The summed E-state index contributed by atoms with van der Waals surface area (Å²) in [7, 11) is 0. The molecule has 2 rings (SSSR count). The number of nitrogens with zero attached hydrogens (tertiary/aromatic N) is 3. The van der Waals surface area contributed by atoms with Crippen molar-refractivity contribution in [1.82, 2.24) is 14.8 Å². The Morgan fingerprint density at radius 3 is 2.74 bits per heavy atom. The first-order valence-corrected chi connectivity index (χ1v) is 7.75. The van der Waals surface area contributed by atoms with Crippen LogP contribution in [0.3, 0.4) is 0 Å². The van der Waals surface area contributed by atoms with Gasteiger partial charge in [0.05, 0.1) is 5.25 Å². The van der Waals surface area contributed by atoms with Gasteiger partial charge in [-0.1, -0.05) is 17.8 Å². The molecule has 1 aromatic carbocycles. The zero-order valence-corrected chi connectivity index (χ0v) is 13.4. The molecule has 120 valence electrons. The topological polar surface area (TPSA) is 103 Å². The maximum absolute atomic E-state index is 12.2. The van der Waals surface area contributed by atoms with Gasteiger partial charge in [0.15, 0.2) is 5.16 Å². The number of anilines is 1. The van der Waals surface area contributed by atoms with Crippen LogP contribution in [0.15, 0.2) is 48.4 Å². The van der Waals surface area contributed by atoms with E-state index in [9.17, 15) is 9.59 Å². The summed E-state index contributed by atoms with van der Waals surface area (Å²) in [5.74, 6) is -0.677. The van der Waals surface area contributed by atoms with Gasteiger partial charge >= 0.3 is 0 Å². The number of nitrogens with two attached hydrogens (primary N) is 1. The molecule has 0 saturated carbocycles. The van der Waals surface area contributed by atoms with Gasteiger partial charge in [-0.2, -0.15) is 0 Å². The third-order valence-electron chi connectivity index (χ3n) is 2.99. The first-order chi connectivity index (χ1) is 11.0. The molecular weight excluding hydrogens is 314 g/mol. The summed E-state index contributed by atoms with van der Waals surface area (Å²) in [6, 6.07) is 6.40. The lowest BCUT2D eigenvalue weighted by Crippen LogP contribution is -2.23. The van der Waals surface area contributed by atoms with Crippen molar-refractivity contribution < 1.29 is 9.59 Å². The first-order valence-electron chi connectivity index (χ1n) is 6.87. The van der Waals surface area contributed by atoms with Crippen LogP contribution in [0.4, 0.5) is 5.69 Å². The normalized spacial score (nSPS) is 11.7. The maximum atomic E-state index is 12.2. The van der Waals surface area contributed by atoms with Crippen LogP contribution < -0.4 is 11.1 Å². The minimum Gasteiger partial charge on any atom is -0.366 e. The van der Waals surface area contributed by atoms with Gasteiger partial charge in [-0.3, -0.25) is 9.59 Å². The molecule has 1 heterocycles. The molecule has 0 unspecified atom stereocenters. The summed E-state index contributed by atoms with van der Waals surface area (Å²) < 4.78 is 1.81. The van der Waals surface area contributed by atoms with Gasteiger partial charge in [-0.25, -0.2) is 0 Å². The molecule has 0 fully saturated rings. The number of benzene rings is 1. The number of amides is 2. The standard InChI is InChI=1S/C15H17N5O2S/c1-3-8-20-9-17-19-15(20)23-10(2)14(22)18-12-6-4-11(5-7-12)13(16)21/h3-7,9-10H,1,8H2,2H3,(H2,16,21)(H,18,22)/t10-/m0/s1. The Labute approximate surface area is 138 Å². The van der Waals surface area contributed by atoms with E-state index in [1.165, 1.54) is 11.8 Å². The molecule has 3 N–H and O–H groups in total.